The van der Waals surface area contributed by atoms with Gasteiger partial charge in [-0.1, -0.05) is 47.6 Å². The molecule has 0 bridgehead atoms. The van der Waals surface area contributed by atoms with Crippen molar-refractivity contribution in [2.24, 2.45) is 0 Å². The van der Waals surface area contributed by atoms with Crippen LogP contribution in [0.5, 0.6) is 5.75 Å². The largest absolute Gasteiger partial charge is 0.497 e. The zero-order valence-electron chi connectivity index (χ0n) is 16.4. The summed E-state index contributed by atoms with van der Waals surface area (Å²) in [5.74, 6) is 1.69. The van der Waals surface area contributed by atoms with E-state index in [0.717, 1.165) is 36.1 Å². The highest BCUT2D eigenvalue weighted by molar-refractivity contribution is 5.74. The van der Waals surface area contributed by atoms with E-state index in [1.807, 2.05) is 54.6 Å². The van der Waals surface area contributed by atoms with Crippen LogP contribution in [0.1, 0.15) is 36.8 Å². The van der Waals surface area contributed by atoms with Gasteiger partial charge in [-0.3, -0.25) is 0 Å². The van der Waals surface area contributed by atoms with E-state index in [9.17, 15) is 4.79 Å². The highest BCUT2D eigenvalue weighted by Crippen LogP contribution is 2.31. The summed E-state index contributed by atoms with van der Waals surface area (Å²) in [4.78, 5) is 19.2. The summed E-state index contributed by atoms with van der Waals surface area (Å²) in [6.45, 7) is 1.16. The predicted molar refractivity (Wildman–Crippen MR) is 108 cm³/mol. The fourth-order valence-corrected chi connectivity index (χ4v) is 3.56. The number of nitrogens with one attached hydrogen (secondary N) is 1. The van der Waals surface area contributed by atoms with Crippen molar-refractivity contribution >= 4 is 6.03 Å². The molecule has 1 unspecified atom stereocenters. The van der Waals surface area contributed by atoms with E-state index < -0.39 is 0 Å². The maximum atomic E-state index is 12.8. The first-order chi connectivity index (χ1) is 14.2. The first kappa shape index (κ1) is 19.0. The Balaban J connectivity index is 1.48. The van der Waals surface area contributed by atoms with E-state index in [2.05, 4.69) is 15.5 Å². The van der Waals surface area contributed by atoms with Crippen LogP contribution in [0.4, 0.5) is 4.79 Å². The smallest absolute Gasteiger partial charge is 0.318 e. The van der Waals surface area contributed by atoms with E-state index in [0.29, 0.717) is 24.8 Å². The van der Waals surface area contributed by atoms with Gasteiger partial charge in [0.25, 0.3) is 0 Å². The van der Waals surface area contributed by atoms with Gasteiger partial charge in [-0.25, -0.2) is 4.79 Å². The van der Waals surface area contributed by atoms with Gasteiger partial charge in [0.2, 0.25) is 11.7 Å². The third-order valence-electron chi connectivity index (χ3n) is 5.10. The minimum atomic E-state index is -0.216. The molecule has 0 saturated carbocycles. The number of hydrogen-bond acceptors (Lipinski definition) is 5. The number of likely N-dealkylation sites (tertiary alicyclic amines) is 1. The molecule has 29 heavy (non-hydrogen) atoms. The van der Waals surface area contributed by atoms with E-state index in [1.165, 1.54) is 0 Å². The SMILES string of the molecule is COc1cccc(-c2noc(C3CCCCN3C(=O)NCc3ccccc3)n2)c1. The summed E-state index contributed by atoms with van der Waals surface area (Å²) in [6, 6.07) is 17.1. The predicted octanol–water partition coefficient (Wildman–Crippen LogP) is 4.18. The molecule has 7 heteroatoms. The lowest BCUT2D eigenvalue weighted by molar-refractivity contribution is 0.131. The maximum Gasteiger partial charge on any atom is 0.318 e. The number of urea groups is 1. The Morgan fingerprint density at radius 3 is 2.90 bits per heavy atom. The zero-order chi connectivity index (χ0) is 20.1. The summed E-state index contributed by atoms with van der Waals surface area (Å²) >= 11 is 0. The van der Waals surface area contributed by atoms with Crippen molar-refractivity contribution in [2.45, 2.75) is 31.8 Å². The Morgan fingerprint density at radius 2 is 2.07 bits per heavy atom. The fraction of sp³-hybridized carbons (Fsp3) is 0.318. The van der Waals surface area contributed by atoms with Crippen molar-refractivity contribution in [3.63, 3.8) is 0 Å². The van der Waals surface area contributed by atoms with Crippen LogP contribution in [0.15, 0.2) is 59.1 Å². The first-order valence-corrected chi connectivity index (χ1v) is 9.81. The second-order valence-electron chi connectivity index (χ2n) is 7.04. The molecule has 0 spiro atoms. The van der Waals surface area contributed by atoms with Gasteiger partial charge in [-0.2, -0.15) is 4.98 Å². The van der Waals surface area contributed by atoms with Crippen molar-refractivity contribution in [2.75, 3.05) is 13.7 Å². The van der Waals surface area contributed by atoms with Crippen LogP contribution in [0.2, 0.25) is 0 Å². The third-order valence-corrected chi connectivity index (χ3v) is 5.10. The van der Waals surface area contributed by atoms with Crippen LogP contribution in [0, 0.1) is 0 Å². The Labute approximate surface area is 169 Å². The van der Waals surface area contributed by atoms with Crippen LogP contribution in [-0.4, -0.2) is 34.7 Å². The van der Waals surface area contributed by atoms with Crippen LogP contribution in [0.25, 0.3) is 11.4 Å². The Bertz CT molecular complexity index is 957. The fourth-order valence-electron chi connectivity index (χ4n) is 3.56. The monoisotopic (exact) mass is 392 g/mol. The molecular weight excluding hydrogens is 368 g/mol. The molecule has 2 heterocycles. The molecule has 3 aromatic rings. The number of carbonyl (C=O) groups excluding carboxylic acids is 1. The normalized spacial score (nSPS) is 16.4. The molecule has 2 amide bonds. The minimum absolute atomic E-state index is 0.111. The molecule has 0 aliphatic carbocycles. The Hall–Kier alpha value is -3.35. The Morgan fingerprint density at radius 1 is 1.21 bits per heavy atom. The highest BCUT2D eigenvalue weighted by Gasteiger charge is 2.32. The molecule has 7 nitrogen and oxygen atoms in total. The zero-order valence-corrected chi connectivity index (χ0v) is 16.4. The van der Waals surface area contributed by atoms with Gasteiger partial charge in [0.15, 0.2) is 0 Å². The topological polar surface area (TPSA) is 80.5 Å². The van der Waals surface area contributed by atoms with Crippen LogP contribution in [-0.2, 0) is 6.54 Å². The standard InChI is InChI=1S/C22H24N4O3/c1-28-18-11-7-10-17(14-18)20-24-21(29-25-20)19-12-5-6-13-26(19)22(27)23-15-16-8-3-2-4-9-16/h2-4,7-11,14,19H,5-6,12-13,15H2,1H3,(H,23,27). The van der Waals surface area contributed by atoms with Gasteiger partial charge >= 0.3 is 6.03 Å². The molecule has 2 aromatic carbocycles. The molecule has 1 aromatic heterocycles. The number of benzene rings is 2. The molecule has 4 rings (SSSR count). The second-order valence-corrected chi connectivity index (χ2v) is 7.04. The van der Waals surface area contributed by atoms with Crippen molar-refractivity contribution in [1.82, 2.24) is 20.4 Å². The number of amides is 2. The highest BCUT2D eigenvalue weighted by atomic mass is 16.5. The molecule has 1 aliphatic rings. The van der Waals surface area contributed by atoms with Gasteiger partial charge < -0.3 is 19.5 Å². The second kappa shape index (κ2) is 8.77. The number of aromatic nitrogens is 2. The number of nitrogens with zero attached hydrogens (tertiary/aromatic N) is 3. The van der Waals surface area contributed by atoms with E-state index in [1.54, 1.807) is 12.0 Å². The molecule has 1 aliphatic heterocycles. The Kier molecular flexibility index (Phi) is 5.74. The average molecular weight is 392 g/mol. The van der Waals surface area contributed by atoms with Crippen LogP contribution < -0.4 is 10.1 Å². The van der Waals surface area contributed by atoms with Gasteiger partial charge in [-0.05, 0) is 37.0 Å². The lowest BCUT2D eigenvalue weighted by atomic mass is 10.0. The van der Waals surface area contributed by atoms with Crippen molar-refractivity contribution in [3.8, 4) is 17.1 Å². The molecule has 0 radical (unpaired) electrons. The molecule has 1 N–H and O–H groups in total. The number of hydrogen-bond donors (Lipinski definition) is 1. The lowest BCUT2D eigenvalue weighted by Crippen LogP contribution is -2.44. The van der Waals surface area contributed by atoms with Gasteiger partial charge in [0.05, 0.1) is 7.11 Å². The molecule has 1 fully saturated rings. The first-order valence-electron chi connectivity index (χ1n) is 9.81. The molecule has 150 valence electrons. The molecule has 1 saturated heterocycles. The number of carbonyl (C=O) groups is 1. The average Bonchev–Trinajstić information content (AvgIpc) is 3.28. The summed E-state index contributed by atoms with van der Waals surface area (Å²) in [5, 5.41) is 7.13. The quantitative estimate of drug-likeness (QED) is 0.704. The van der Waals surface area contributed by atoms with Gasteiger partial charge in [-0.15, -0.1) is 0 Å². The van der Waals surface area contributed by atoms with E-state index in [-0.39, 0.29) is 12.1 Å². The molecule has 1 atom stereocenters. The van der Waals surface area contributed by atoms with Gasteiger partial charge in [0, 0.05) is 18.7 Å². The summed E-state index contributed by atoms with van der Waals surface area (Å²) in [7, 11) is 1.62. The lowest BCUT2D eigenvalue weighted by Gasteiger charge is -2.33. The number of piperidine rings is 1. The minimum Gasteiger partial charge on any atom is -0.497 e. The summed E-state index contributed by atoms with van der Waals surface area (Å²) in [6.07, 6.45) is 2.79. The summed E-state index contributed by atoms with van der Waals surface area (Å²) in [5.41, 5.74) is 1.88. The van der Waals surface area contributed by atoms with Gasteiger partial charge in [0.1, 0.15) is 11.8 Å². The number of methoxy groups -OCH3 is 1. The maximum absolute atomic E-state index is 12.8. The van der Waals surface area contributed by atoms with Crippen molar-refractivity contribution < 1.29 is 14.1 Å². The van der Waals surface area contributed by atoms with Crippen molar-refractivity contribution in [3.05, 3.63) is 66.1 Å². The summed E-state index contributed by atoms with van der Waals surface area (Å²) < 4.78 is 10.8. The van der Waals surface area contributed by atoms with E-state index in [4.69, 9.17) is 9.26 Å². The number of ether oxygens (including phenoxy) is 1. The van der Waals surface area contributed by atoms with Crippen LogP contribution >= 0.6 is 0 Å². The van der Waals surface area contributed by atoms with Crippen molar-refractivity contribution in [1.29, 1.82) is 0 Å². The molecular formula is C22H24N4O3. The number of rotatable bonds is 5. The van der Waals surface area contributed by atoms with E-state index >= 15 is 0 Å². The third kappa shape index (κ3) is 4.39. The van der Waals surface area contributed by atoms with Crippen LogP contribution in [0.3, 0.4) is 0 Å².